The molecule has 9 nitrogen and oxygen atoms in total. The standard InChI is InChI=1S/C20H19FN8OS/c1-10-28-29-16(31-10)8-24-18-17(21)19(27-20(22)26-18)30-9-11-7-12(11)13-4-5-14-15(25-13)3-2-6-23-14/h2-6,11-12H,7-9H2,1H3,(H3,22,24,26,27)/t11-,12+/m1/s1. The van der Waals surface area contributed by atoms with E-state index in [9.17, 15) is 4.39 Å². The van der Waals surface area contributed by atoms with E-state index in [2.05, 4.69) is 35.5 Å². The maximum Gasteiger partial charge on any atom is 0.257 e. The summed E-state index contributed by atoms with van der Waals surface area (Å²) in [5, 5.41) is 12.4. The third kappa shape index (κ3) is 4.22. The molecule has 2 atom stereocenters. The fourth-order valence-corrected chi connectivity index (χ4v) is 4.03. The van der Waals surface area contributed by atoms with Gasteiger partial charge in [-0.05, 0) is 37.6 Å². The molecule has 0 radical (unpaired) electrons. The molecule has 0 aliphatic heterocycles. The number of nitrogen functional groups attached to an aromatic ring is 1. The maximum atomic E-state index is 14.8. The Kier molecular flexibility index (Phi) is 5.02. The highest BCUT2D eigenvalue weighted by Gasteiger charge is 2.40. The van der Waals surface area contributed by atoms with E-state index in [1.165, 1.54) is 11.3 Å². The number of ether oxygens (including phenoxy) is 1. The number of nitrogens with one attached hydrogen (secondary N) is 1. The molecule has 0 amide bonds. The molecule has 158 valence electrons. The molecule has 4 aromatic rings. The van der Waals surface area contributed by atoms with Crippen LogP contribution in [0.1, 0.15) is 28.0 Å². The molecule has 0 unspecified atom stereocenters. The number of pyridine rings is 2. The molecule has 4 aromatic heterocycles. The summed E-state index contributed by atoms with van der Waals surface area (Å²) in [5.41, 5.74) is 8.46. The smallest absolute Gasteiger partial charge is 0.257 e. The van der Waals surface area contributed by atoms with Crippen molar-refractivity contribution in [1.29, 1.82) is 0 Å². The predicted octanol–water partition coefficient (Wildman–Crippen LogP) is 3.10. The number of anilines is 2. The van der Waals surface area contributed by atoms with Crippen molar-refractivity contribution in [2.75, 3.05) is 17.7 Å². The lowest BCUT2D eigenvalue weighted by Gasteiger charge is -2.10. The minimum Gasteiger partial charge on any atom is -0.475 e. The van der Waals surface area contributed by atoms with Crippen LogP contribution in [0.25, 0.3) is 11.0 Å². The highest BCUT2D eigenvalue weighted by molar-refractivity contribution is 7.11. The van der Waals surface area contributed by atoms with E-state index in [-0.39, 0.29) is 36.0 Å². The van der Waals surface area contributed by atoms with Crippen molar-refractivity contribution in [2.45, 2.75) is 25.8 Å². The van der Waals surface area contributed by atoms with Gasteiger partial charge in [-0.25, -0.2) is 0 Å². The van der Waals surface area contributed by atoms with Crippen LogP contribution in [0.15, 0.2) is 30.5 Å². The van der Waals surface area contributed by atoms with Crippen LogP contribution in [-0.2, 0) is 6.54 Å². The molecule has 1 aliphatic rings. The molecule has 0 saturated heterocycles. The van der Waals surface area contributed by atoms with Gasteiger partial charge in [0.1, 0.15) is 10.0 Å². The number of aromatic nitrogens is 6. The summed E-state index contributed by atoms with van der Waals surface area (Å²) >= 11 is 1.42. The summed E-state index contributed by atoms with van der Waals surface area (Å²) in [6.07, 6.45) is 2.67. The molecule has 1 fully saturated rings. The minimum atomic E-state index is -0.678. The molecular formula is C20H19FN8OS. The number of halogens is 1. The summed E-state index contributed by atoms with van der Waals surface area (Å²) in [5.74, 6) is -0.426. The van der Waals surface area contributed by atoms with E-state index in [0.717, 1.165) is 33.2 Å². The zero-order valence-electron chi connectivity index (χ0n) is 16.6. The van der Waals surface area contributed by atoms with Gasteiger partial charge in [-0.2, -0.15) is 14.4 Å². The molecule has 11 heteroatoms. The molecule has 3 N–H and O–H groups in total. The van der Waals surface area contributed by atoms with Gasteiger partial charge >= 0.3 is 0 Å². The summed E-state index contributed by atoms with van der Waals surface area (Å²) in [6.45, 7) is 2.46. The second kappa shape index (κ2) is 7.99. The lowest BCUT2D eigenvalue weighted by molar-refractivity contribution is 0.271. The van der Waals surface area contributed by atoms with E-state index >= 15 is 0 Å². The quantitative estimate of drug-likeness (QED) is 0.448. The highest BCUT2D eigenvalue weighted by atomic mass is 32.1. The molecule has 1 aliphatic carbocycles. The van der Waals surface area contributed by atoms with E-state index in [1.807, 2.05) is 31.2 Å². The van der Waals surface area contributed by atoms with Crippen LogP contribution in [0.4, 0.5) is 16.2 Å². The maximum absolute atomic E-state index is 14.8. The molecule has 1 saturated carbocycles. The number of nitrogens with two attached hydrogens (primary N) is 1. The van der Waals surface area contributed by atoms with Crippen molar-refractivity contribution < 1.29 is 9.13 Å². The number of hydrogen-bond acceptors (Lipinski definition) is 10. The summed E-state index contributed by atoms with van der Waals surface area (Å²) in [6, 6.07) is 7.76. The number of nitrogens with zero attached hydrogens (tertiary/aromatic N) is 6. The van der Waals surface area contributed by atoms with E-state index in [0.29, 0.717) is 6.61 Å². The molecule has 5 rings (SSSR count). The summed E-state index contributed by atoms with van der Waals surface area (Å²) < 4.78 is 20.5. The normalized spacial score (nSPS) is 17.6. The van der Waals surface area contributed by atoms with E-state index in [4.69, 9.17) is 10.5 Å². The van der Waals surface area contributed by atoms with E-state index in [1.54, 1.807) is 6.20 Å². The second-order valence-corrected chi connectivity index (χ2v) is 8.58. The minimum absolute atomic E-state index is 0.0219. The van der Waals surface area contributed by atoms with Crippen molar-refractivity contribution in [3.63, 3.8) is 0 Å². The van der Waals surface area contributed by atoms with Crippen molar-refractivity contribution in [3.05, 3.63) is 52.0 Å². The van der Waals surface area contributed by atoms with Crippen LogP contribution in [-0.4, -0.2) is 36.7 Å². The predicted molar refractivity (Wildman–Crippen MR) is 114 cm³/mol. The molecule has 0 spiro atoms. The first kappa shape index (κ1) is 19.5. The Balaban J connectivity index is 1.23. The lowest BCUT2D eigenvalue weighted by Crippen LogP contribution is -2.11. The second-order valence-electron chi connectivity index (χ2n) is 7.31. The molecular weight excluding hydrogens is 419 g/mol. The van der Waals surface area contributed by atoms with Gasteiger partial charge in [0.2, 0.25) is 11.8 Å². The molecule has 0 aromatic carbocycles. The first-order valence-electron chi connectivity index (χ1n) is 9.77. The molecule has 4 heterocycles. The Morgan fingerprint density at radius 2 is 2.10 bits per heavy atom. The number of rotatable bonds is 7. The number of fused-ring (bicyclic) bond motifs is 1. The van der Waals surface area contributed by atoms with Crippen LogP contribution in [0, 0.1) is 18.7 Å². The van der Waals surface area contributed by atoms with E-state index < -0.39 is 5.82 Å². The van der Waals surface area contributed by atoms with Gasteiger partial charge in [0.05, 0.1) is 24.2 Å². The van der Waals surface area contributed by atoms with Crippen molar-refractivity contribution >= 4 is 34.1 Å². The SMILES string of the molecule is Cc1nnc(CNc2nc(N)nc(OC[C@H]3C[C@@H]3c3ccc4ncccc4n3)c2F)s1. The molecule has 0 bridgehead atoms. The van der Waals surface area contributed by atoms with Crippen LogP contribution in [0.2, 0.25) is 0 Å². The van der Waals surface area contributed by atoms with Crippen LogP contribution < -0.4 is 15.8 Å². The van der Waals surface area contributed by atoms with Crippen LogP contribution in [0.5, 0.6) is 5.88 Å². The fraction of sp³-hybridized carbons (Fsp3) is 0.300. The first-order chi connectivity index (χ1) is 15.1. The Labute approximate surface area is 181 Å². The Morgan fingerprint density at radius 3 is 2.94 bits per heavy atom. The highest BCUT2D eigenvalue weighted by Crippen LogP contribution is 2.47. The zero-order valence-corrected chi connectivity index (χ0v) is 17.4. The van der Waals surface area contributed by atoms with Crippen LogP contribution >= 0.6 is 11.3 Å². The average Bonchev–Trinajstić information content (AvgIpc) is 3.44. The zero-order chi connectivity index (χ0) is 21.4. The fourth-order valence-electron chi connectivity index (χ4n) is 3.38. The Bertz CT molecular complexity index is 1250. The number of aryl methyl sites for hydroxylation is 1. The van der Waals surface area contributed by atoms with Gasteiger partial charge in [0, 0.05) is 23.7 Å². The van der Waals surface area contributed by atoms with Crippen LogP contribution in [0.3, 0.4) is 0 Å². The molecule has 31 heavy (non-hydrogen) atoms. The third-order valence-electron chi connectivity index (χ3n) is 5.03. The van der Waals surface area contributed by atoms with Gasteiger partial charge in [-0.15, -0.1) is 10.2 Å². The summed E-state index contributed by atoms with van der Waals surface area (Å²) in [4.78, 5) is 16.8. The monoisotopic (exact) mass is 438 g/mol. The summed E-state index contributed by atoms with van der Waals surface area (Å²) in [7, 11) is 0. The topological polar surface area (TPSA) is 125 Å². The van der Waals surface area contributed by atoms with Gasteiger partial charge in [-0.1, -0.05) is 11.3 Å². The van der Waals surface area contributed by atoms with Gasteiger partial charge in [0.15, 0.2) is 5.82 Å². The third-order valence-corrected chi connectivity index (χ3v) is 5.87. The van der Waals surface area contributed by atoms with Crippen molar-refractivity contribution in [2.24, 2.45) is 5.92 Å². The number of hydrogen-bond donors (Lipinski definition) is 2. The van der Waals surface area contributed by atoms with Crippen molar-refractivity contribution in [1.82, 2.24) is 30.1 Å². The lowest BCUT2D eigenvalue weighted by atomic mass is 10.2. The Hall–Kier alpha value is -3.47. The van der Waals surface area contributed by atoms with Crippen molar-refractivity contribution in [3.8, 4) is 5.88 Å². The van der Waals surface area contributed by atoms with Gasteiger partial charge in [-0.3, -0.25) is 9.97 Å². The van der Waals surface area contributed by atoms with Gasteiger partial charge < -0.3 is 15.8 Å². The van der Waals surface area contributed by atoms with Gasteiger partial charge in [0.25, 0.3) is 5.88 Å². The largest absolute Gasteiger partial charge is 0.475 e. The Morgan fingerprint density at radius 1 is 1.19 bits per heavy atom. The average molecular weight is 438 g/mol. The first-order valence-corrected chi connectivity index (χ1v) is 10.6.